The molecule has 8 rings (SSSR count). The van der Waals surface area contributed by atoms with Crippen molar-refractivity contribution in [2.24, 2.45) is 0 Å². The van der Waals surface area contributed by atoms with E-state index in [0.717, 1.165) is 27.9 Å². The topological polar surface area (TPSA) is 185 Å². The third-order valence-corrected chi connectivity index (χ3v) is 10.4. The zero-order valence-corrected chi connectivity index (χ0v) is 42.5. The monoisotopic (exact) mass is 1210 g/mol. The molecule has 0 aliphatic heterocycles. The van der Waals surface area contributed by atoms with Gasteiger partial charge in [0.15, 0.2) is 11.6 Å². The second-order valence-electron chi connectivity index (χ2n) is 15.3. The summed E-state index contributed by atoms with van der Waals surface area (Å²) >= 11 is 0. The summed E-state index contributed by atoms with van der Waals surface area (Å²) in [6.07, 6.45) is -6.86. The molecule has 0 saturated carbocycles. The van der Waals surface area contributed by atoms with E-state index in [2.05, 4.69) is 9.97 Å². The van der Waals surface area contributed by atoms with Crippen LogP contribution in [0.5, 0.6) is 0 Å². The number of carbonyl (C=O) groups is 3. The minimum Gasteiger partial charge on any atom is -0.872 e. The summed E-state index contributed by atoms with van der Waals surface area (Å²) in [6.45, 7) is 8.70. The van der Waals surface area contributed by atoms with Crippen LogP contribution in [0, 0.1) is 49.5 Å². The molecule has 0 aliphatic carbocycles. The van der Waals surface area contributed by atoms with Gasteiger partial charge in [-0.2, -0.15) is 44.8 Å². The molecule has 1 radical (unpaired) electrons. The first kappa shape index (κ1) is 62.6. The number of ketones is 3. The molecule has 22 heteroatoms. The van der Waals surface area contributed by atoms with Gasteiger partial charge in [0.1, 0.15) is 0 Å². The van der Waals surface area contributed by atoms with Gasteiger partial charge in [-0.3, -0.25) is 24.4 Å². The molecule has 0 spiro atoms. The van der Waals surface area contributed by atoms with Crippen molar-refractivity contribution in [2.45, 2.75) is 65.9 Å². The number of alkyl halides is 9. The fourth-order valence-electron chi connectivity index (χ4n) is 6.98. The fraction of sp³-hybridized carbons (Fsp3) is 0.185. The first-order valence-corrected chi connectivity index (χ1v) is 22.3. The van der Waals surface area contributed by atoms with E-state index in [1.807, 2.05) is 57.2 Å². The minimum atomic E-state index is -5.03. The van der Waals surface area contributed by atoms with Crippen LogP contribution >= 0.6 is 0 Å². The SMILES string of the molecule is CC#N.CCn1cc(/C([O-])=C/C(=O)C(F)(F)F)c2ccccc21.CCn1cc(C(=O)/C=C(\[O-])C(F)(F)F)c2ccccc21.CCn1cc(C(=O)/C=C(\[O-])C(F)(F)F)c2ccccc21.[Dy+3].c1ccc(-c2ccccn2)nc1. The number of nitriles is 1. The summed E-state index contributed by atoms with van der Waals surface area (Å²) in [5.74, 6) is -9.23. The van der Waals surface area contributed by atoms with E-state index in [0.29, 0.717) is 35.8 Å². The molecule has 0 aliphatic rings. The quantitative estimate of drug-likeness (QED) is 0.0556. The zero-order valence-electron chi connectivity index (χ0n) is 40.5. The summed E-state index contributed by atoms with van der Waals surface area (Å²) in [5, 5.41) is 42.5. The van der Waals surface area contributed by atoms with Crippen LogP contribution in [0.4, 0.5) is 39.5 Å². The number of benzene rings is 3. The van der Waals surface area contributed by atoms with Crippen molar-refractivity contribution in [1.82, 2.24) is 23.7 Å². The second kappa shape index (κ2) is 28.3. The van der Waals surface area contributed by atoms with Gasteiger partial charge in [0.05, 0.1) is 17.5 Å². The van der Waals surface area contributed by atoms with Gasteiger partial charge in [-0.25, -0.2) is 0 Å². The fourth-order valence-corrected chi connectivity index (χ4v) is 6.98. The maximum atomic E-state index is 12.2. The maximum Gasteiger partial charge on any atom is 3.00 e. The Balaban J connectivity index is 0.000000264. The van der Waals surface area contributed by atoms with Crippen LogP contribution in [0.15, 0.2) is 170 Å². The van der Waals surface area contributed by atoms with Gasteiger partial charge >= 0.3 is 56.7 Å². The molecule has 0 amide bonds. The Kier molecular flexibility index (Phi) is 23.3. The summed E-state index contributed by atoms with van der Waals surface area (Å²) in [7, 11) is 0. The predicted molar refractivity (Wildman–Crippen MR) is 258 cm³/mol. The van der Waals surface area contributed by atoms with Crippen molar-refractivity contribution in [1.29, 1.82) is 5.26 Å². The molecule has 0 atom stereocenters. The standard InChI is InChI=1S/3C14H12F3NO2.C10H8N2.C2H3N.Dy/c3*1-2-18-8-10(9-5-3-4-6-11(9)18)12(19)7-13(20)14(15,16)17;1-3-7-11-9(5-1)10-6-2-4-8-12-10;1-2-3;/h2*3-8,20H,2H2,1H3;3-8,19H,2H2,1H3;1-8H;1H3;/q;;;;;+3/p-3/b2*13-7-;12-7-;;;. The zero-order chi connectivity index (χ0) is 55.7. The Morgan fingerprint density at radius 2 is 0.816 bits per heavy atom. The van der Waals surface area contributed by atoms with Gasteiger partial charge in [-0.1, -0.05) is 72.5 Å². The molecule has 5 aromatic heterocycles. The second-order valence-corrected chi connectivity index (χ2v) is 15.3. The van der Waals surface area contributed by atoms with Crippen molar-refractivity contribution in [3.05, 3.63) is 187 Å². The average molecular weight is 1210 g/mol. The number of hydrogen-bond donors (Lipinski definition) is 0. The van der Waals surface area contributed by atoms with Crippen LogP contribution in [-0.4, -0.2) is 59.5 Å². The van der Waals surface area contributed by atoms with E-state index in [9.17, 15) is 69.2 Å². The van der Waals surface area contributed by atoms with E-state index in [-0.39, 0.29) is 73.1 Å². The Labute approximate surface area is 459 Å². The maximum absolute atomic E-state index is 12.2. The van der Waals surface area contributed by atoms with Crippen molar-refractivity contribution in [3.63, 3.8) is 0 Å². The van der Waals surface area contributed by atoms with Gasteiger partial charge in [-0.05, 0) is 98.5 Å². The minimum absolute atomic E-state index is 0. The van der Waals surface area contributed by atoms with E-state index in [1.165, 1.54) is 25.5 Å². The molecular weight excluding hydrogens is 1160 g/mol. The first-order valence-electron chi connectivity index (χ1n) is 22.3. The molecule has 12 nitrogen and oxygen atoms in total. The van der Waals surface area contributed by atoms with Crippen LogP contribution < -0.4 is 15.3 Å². The molecular formula is C54H44DyF9N6O6. The Morgan fingerprint density at radius 3 is 1.11 bits per heavy atom. The van der Waals surface area contributed by atoms with Crippen molar-refractivity contribution < 1.29 is 107 Å². The third-order valence-electron chi connectivity index (χ3n) is 10.4. The van der Waals surface area contributed by atoms with Crippen molar-refractivity contribution >= 4 is 55.8 Å². The largest absolute Gasteiger partial charge is 3.00 e. The van der Waals surface area contributed by atoms with Gasteiger partial charge in [0.25, 0.3) is 5.78 Å². The Bertz CT molecular complexity index is 3210. The van der Waals surface area contributed by atoms with Gasteiger partial charge in [0.2, 0.25) is 0 Å². The van der Waals surface area contributed by atoms with E-state index < -0.39 is 53.2 Å². The van der Waals surface area contributed by atoms with Crippen LogP contribution in [0.25, 0.3) is 49.9 Å². The van der Waals surface area contributed by atoms with Gasteiger partial charge in [0, 0.05) is 101 Å². The van der Waals surface area contributed by atoms with Crippen LogP contribution in [-0.2, 0) is 24.4 Å². The Morgan fingerprint density at radius 1 is 0.513 bits per heavy atom. The van der Waals surface area contributed by atoms with Gasteiger partial charge < -0.3 is 29.0 Å². The Hall–Kier alpha value is -7.66. The van der Waals surface area contributed by atoms with E-state index >= 15 is 0 Å². The first-order chi connectivity index (χ1) is 35.4. The molecule has 0 fully saturated rings. The molecule has 0 unspecified atom stereocenters. The number of rotatable bonds is 10. The number of fused-ring (bicyclic) bond motifs is 3. The number of halogens is 9. The number of pyridine rings is 2. The number of aryl methyl sites for hydroxylation is 3. The molecule has 0 saturated heterocycles. The number of para-hydroxylation sites is 3. The number of nitrogens with zero attached hydrogens (tertiary/aromatic N) is 6. The predicted octanol–water partition coefficient (Wildman–Crippen LogP) is 10.5. The molecule has 0 N–H and O–H groups in total. The van der Waals surface area contributed by atoms with Crippen LogP contribution in [0.1, 0.15) is 54.0 Å². The summed E-state index contributed by atoms with van der Waals surface area (Å²) in [5.41, 5.74) is 4.35. The summed E-state index contributed by atoms with van der Waals surface area (Å²) in [4.78, 5) is 42.9. The number of hydrogen-bond acceptors (Lipinski definition) is 9. The molecule has 0 bridgehead atoms. The molecule has 3 aromatic carbocycles. The molecule has 5 heterocycles. The molecule has 399 valence electrons. The summed E-state index contributed by atoms with van der Waals surface area (Å²) < 4.78 is 115. The van der Waals surface area contributed by atoms with Crippen molar-refractivity contribution in [3.8, 4) is 17.5 Å². The average Bonchev–Trinajstić information content (AvgIpc) is 4.09. The van der Waals surface area contributed by atoms with E-state index in [1.54, 1.807) is 105 Å². The number of aromatic nitrogens is 5. The summed E-state index contributed by atoms with van der Waals surface area (Å²) in [6, 6.07) is 33.9. The number of carbonyl (C=O) groups excluding carboxylic acids is 3. The molecule has 76 heavy (non-hydrogen) atoms. The smallest absolute Gasteiger partial charge is 0.872 e. The third kappa shape index (κ3) is 16.9. The van der Waals surface area contributed by atoms with Crippen LogP contribution in [0.3, 0.4) is 0 Å². The molecule has 8 aromatic rings. The number of allylic oxidation sites excluding steroid dienone is 5. The van der Waals surface area contributed by atoms with Crippen LogP contribution in [0.2, 0.25) is 0 Å². The van der Waals surface area contributed by atoms with E-state index in [4.69, 9.17) is 5.26 Å². The van der Waals surface area contributed by atoms with Gasteiger partial charge in [-0.15, -0.1) is 0 Å². The van der Waals surface area contributed by atoms with Crippen molar-refractivity contribution in [2.75, 3.05) is 0 Å². The normalized spacial score (nSPS) is 11.8.